The second-order valence-corrected chi connectivity index (χ2v) is 5.34. The first kappa shape index (κ1) is 10.6. The molecular formula is C11H20N4. The molecule has 0 bridgehead atoms. The van der Waals surface area contributed by atoms with Gasteiger partial charge in [-0.25, -0.2) is 4.98 Å². The Hall–Kier alpha value is -0.900. The van der Waals surface area contributed by atoms with Crippen LogP contribution in [-0.2, 0) is 6.42 Å². The van der Waals surface area contributed by atoms with Crippen molar-refractivity contribution in [3.63, 3.8) is 0 Å². The Morgan fingerprint density at radius 3 is 2.73 bits per heavy atom. The minimum atomic E-state index is 0.180. The van der Waals surface area contributed by atoms with Gasteiger partial charge in [0.2, 0.25) is 0 Å². The lowest BCUT2D eigenvalue weighted by Crippen LogP contribution is -2.37. The molecule has 0 saturated heterocycles. The van der Waals surface area contributed by atoms with E-state index in [1.54, 1.807) is 0 Å². The molecule has 84 valence electrons. The number of hydrogen-bond acceptors (Lipinski definition) is 3. The molecular weight excluding hydrogens is 188 g/mol. The summed E-state index contributed by atoms with van der Waals surface area (Å²) in [5.41, 5.74) is 0.180. The minimum absolute atomic E-state index is 0.180. The summed E-state index contributed by atoms with van der Waals surface area (Å²) in [6.07, 6.45) is 3.45. The molecule has 2 rings (SSSR count). The van der Waals surface area contributed by atoms with Gasteiger partial charge in [0.25, 0.3) is 0 Å². The summed E-state index contributed by atoms with van der Waals surface area (Å²) in [5, 5.41) is 10.7. The number of aromatic amines is 1. The highest BCUT2D eigenvalue weighted by Gasteiger charge is 2.27. The van der Waals surface area contributed by atoms with Crippen molar-refractivity contribution in [2.45, 2.75) is 51.5 Å². The predicted octanol–water partition coefficient (Wildman–Crippen LogP) is 1.61. The lowest BCUT2D eigenvalue weighted by atomic mass is 10.1. The molecule has 1 aliphatic carbocycles. The van der Waals surface area contributed by atoms with Crippen molar-refractivity contribution in [3.8, 4) is 0 Å². The normalized spacial score (nSPS) is 17.0. The van der Waals surface area contributed by atoms with Crippen LogP contribution >= 0.6 is 0 Å². The molecule has 0 unspecified atom stereocenters. The molecule has 0 amide bonds. The first-order valence-corrected chi connectivity index (χ1v) is 5.71. The predicted molar refractivity (Wildman–Crippen MR) is 59.8 cm³/mol. The fourth-order valence-electron chi connectivity index (χ4n) is 1.50. The summed E-state index contributed by atoms with van der Waals surface area (Å²) in [5.74, 6) is 2.67. The lowest BCUT2D eigenvalue weighted by Gasteiger charge is -2.19. The number of rotatable bonds is 4. The van der Waals surface area contributed by atoms with Gasteiger partial charge in [-0.15, -0.1) is 0 Å². The topological polar surface area (TPSA) is 53.6 Å². The first-order chi connectivity index (χ1) is 7.04. The Labute approximate surface area is 90.9 Å². The summed E-state index contributed by atoms with van der Waals surface area (Å²) in [4.78, 5) is 4.49. The molecule has 1 heterocycles. The van der Waals surface area contributed by atoms with Gasteiger partial charge in [-0.3, -0.25) is 5.10 Å². The van der Waals surface area contributed by atoms with E-state index in [2.05, 4.69) is 41.3 Å². The third-order valence-corrected chi connectivity index (χ3v) is 2.51. The molecule has 1 saturated carbocycles. The van der Waals surface area contributed by atoms with Crippen LogP contribution in [0.15, 0.2) is 0 Å². The van der Waals surface area contributed by atoms with Crippen LogP contribution < -0.4 is 5.32 Å². The molecule has 4 nitrogen and oxygen atoms in total. The molecule has 0 aromatic carbocycles. The van der Waals surface area contributed by atoms with Gasteiger partial charge >= 0.3 is 0 Å². The molecule has 4 heteroatoms. The number of aromatic nitrogens is 3. The number of nitrogens with zero attached hydrogens (tertiary/aromatic N) is 2. The van der Waals surface area contributed by atoms with Gasteiger partial charge in [-0.2, -0.15) is 5.10 Å². The van der Waals surface area contributed by atoms with Gasteiger partial charge < -0.3 is 5.32 Å². The maximum absolute atomic E-state index is 4.49. The van der Waals surface area contributed by atoms with Gasteiger partial charge in [0.15, 0.2) is 5.82 Å². The molecule has 0 spiro atoms. The van der Waals surface area contributed by atoms with Gasteiger partial charge in [0.1, 0.15) is 5.82 Å². The average molecular weight is 208 g/mol. The van der Waals surface area contributed by atoms with Gasteiger partial charge in [-0.05, 0) is 33.6 Å². The maximum Gasteiger partial charge on any atom is 0.153 e. The Morgan fingerprint density at radius 1 is 1.40 bits per heavy atom. The van der Waals surface area contributed by atoms with E-state index >= 15 is 0 Å². The second-order valence-electron chi connectivity index (χ2n) is 5.34. The van der Waals surface area contributed by atoms with Crippen molar-refractivity contribution < 1.29 is 0 Å². The summed E-state index contributed by atoms with van der Waals surface area (Å²) in [6.45, 7) is 7.46. The SMILES string of the molecule is CC(C)(C)NCCc1nc(C2CC2)n[nH]1. The summed E-state index contributed by atoms with van der Waals surface area (Å²) < 4.78 is 0. The van der Waals surface area contributed by atoms with Crippen LogP contribution in [0.2, 0.25) is 0 Å². The molecule has 1 aromatic heterocycles. The van der Waals surface area contributed by atoms with Crippen molar-refractivity contribution >= 4 is 0 Å². The zero-order valence-corrected chi connectivity index (χ0v) is 9.80. The van der Waals surface area contributed by atoms with Gasteiger partial charge in [0.05, 0.1) is 0 Å². The molecule has 1 aromatic rings. The van der Waals surface area contributed by atoms with Gasteiger partial charge in [0, 0.05) is 24.4 Å². The summed E-state index contributed by atoms with van der Waals surface area (Å²) >= 11 is 0. The van der Waals surface area contributed by atoms with E-state index in [1.807, 2.05) is 0 Å². The molecule has 15 heavy (non-hydrogen) atoms. The third-order valence-electron chi connectivity index (χ3n) is 2.51. The van der Waals surface area contributed by atoms with Crippen molar-refractivity contribution in [2.75, 3.05) is 6.54 Å². The number of H-pyrrole nitrogens is 1. The van der Waals surface area contributed by atoms with Crippen LogP contribution in [-0.4, -0.2) is 27.3 Å². The first-order valence-electron chi connectivity index (χ1n) is 5.71. The molecule has 0 radical (unpaired) electrons. The van der Waals surface area contributed by atoms with E-state index in [0.29, 0.717) is 5.92 Å². The molecule has 2 N–H and O–H groups in total. The van der Waals surface area contributed by atoms with Crippen molar-refractivity contribution in [1.29, 1.82) is 0 Å². The fraction of sp³-hybridized carbons (Fsp3) is 0.818. The van der Waals surface area contributed by atoms with E-state index in [9.17, 15) is 0 Å². The maximum atomic E-state index is 4.49. The van der Waals surface area contributed by atoms with Crippen LogP contribution in [0.1, 0.15) is 51.2 Å². The van der Waals surface area contributed by atoms with E-state index in [1.165, 1.54) is 12.8 Å². The fourth-order valence-corrected chi connectivity index (χ4v) is 1.50. The average Bonchev–Trinajstić information content (AvgIpc) is 2.86. The standard InChI is InChI=1S/C11H20N4/c1-11(2,3)12-7-6-9-13-10(15-14-9)8-4-5-8/h8,12H,4-7H2,1-3H3,(H,13,14,15). The van der Waals surface area contributed by atoms with Crippen LogP contribution in [0.5, 0.6) is 0 Å². The second kappa shape index (κ2) is 3.93. The van der Waals surface area contributed by atoms with Crippen LogP contribution in [0.25, 0.3) is 0 Å². The highest BCUT2D eigenvalue weighted by atomic mass is 15.2. The van der Waals surface area contributed by atoms with Crippen molar-refractivity contribution in [1.82, 2.24) is 20.5 Å². The van der Waals surface area contributed by atoms with Crippen molar-refractivity contribution in [3.05, 3.63) is 11.6 Å². The van der Waals surface area contributed by atoms with E-state index in [-0.39, 0.29) is 5.54 Å². The Bertz CT molecular complexity index is 320. The quantitative estimate of drug-likeness (QED) is 0.790. The molecule has 1 fully saturated rings. The zero-order chi connectivity index (χ0) is 10.9. The largest absolute Gasteiger partial charge is 0.312 e. The Morgan fingerprint density at radius 2 is 2.13 bits per heavy atom. The zero-order valence-electron chi connectivity index (χ0n) is 9.80. The van der Waals surface area contributed by atoms with Crippen LogP contribution in [0.3, 0.4) is 0 Å². The van der Waals surface area contributed by atoms with E-state index < -0.39 is 0 Å². The number of nitrogens with one attached hydrogen (secondary N) is 2. The minimum Gasteiger partial charge on any atom is -0.312 e. The monoisotopic (exact) mass is 208 g/mol. The summed E-state index contributed by atoms with van der Waals surface area (Å²) in [6, 6.07) is 0. The van der Waals surface area contributed by atoms with E-state index in [0.717, 1.165) is 24.6 Å². The van der Waals surface area contributed by atoms with Gasteiger partial charge in [-0.1, -0.05) is 0 Å². The molecule has 1 aliphatic rings. The smallest absolute Gasteiger partial charge is 0.153 e. The van der Waals surface area contributed by atoms with E-state index in [4.69, 9.17) is 0 Å². The van der Waals surface area contributed by atoms with Crippen LogP contribution in [0, 0.1) is 0 Å². The third kappa shape index (κ3) is 3.30. The van der Waals surface area contributed by atoms with Crippen molar-refractivity contribution in [2.24, 2.45) is 0 Å². The highest BCUT2D eigenvalue weighted by Crippen LogP contribution is 2.37. The molecule has 0 atom stereocenters. The lowest BCUT2D eigenvalue weighted by molar-refractivity contribution is 0.427. The Balaban J connectivity index is 1.78. The molecule has 0 aliphatic heterocycles. The highest BCUT2D eigenvalue weighted by molar-refractivity contribution is 5.05. The number of hydrogen-bond donors (Lipinski definition) is 2. The summed E-state index contributed by atoms with van der Waals surface area (Å²) in [7, 11) is 0. The Kier molecular flexibility index (Phi) is 2.78. The van der Waals surface area contributed by atoms with Crippen LogP contribution in [0.4, 0.5) is 0 Å².